The Hall–Kier alpha value is -1.94. The van der Waals surface area contributed by atoms with Crippen LogP contribution in [0.15, 0.2) is 30.6 Å². The molecule has 2 aromatic heterocycles. The van der Waals surface area contributed by atoms with E-state index in [0.29, 0.717) is 0 Å². The van der Waals surface area contributed by atoms with E-state index in [1.165, 1.54) is 25.0 Å². The molecule has 0 unspecified atom stereocenters. The summed E-state index contributed by atoms with van der Waals surface area (Å²) in [6.45, 7) is 2.32. The normalized spacial score (nSPS) is 16.8. The van der Waals surface area contributed by atoms with Gasteiger partial charge in [-0.3, -0.25) is 4.98 Å². The highest BCUT2D eigenvalue weighted by atomic mass is 14.9. The summed E-state index contributed by atoms with van der Waals surface area (Å²) >= 11 is 0. The Morgan fingerprint density at radius 2 is 2.00 bits per heavy atom. The lowest BCUT2D eigenvalue weighted by molar-refractivity contribution is 0.354. The fourth-order valence-electron chi connectivity index (χ4n) is 3.38. The van der Waals surface area contributed by atoms with Crippen molar-refractivity contribution in [3.05, 3.63) is 36.3 Å². The Morgan fingerprint density at radius 3 is 2.90 bits per heavy atom. The number of hydrogen-bond donors (Lipinski definition) is 2. The number of H-pyrrole nitrogens is 1. The molecule has 0 amide bonds. The highest BCUT2D eigenvalue weighted by Gasteiger charge is 2.15. The minimum Gasteiger partial charge on any atom is -0.343 e. The molecule has 0 aliphatic carbocycles. The van der Waals surface area contributed by atoms with Crippen molar-refractivity contribution >= 4 is 21.9 Å². The number of nitrogens with one attached hydrogen (secondary N) is 2. The van der Waals surface area contributed by atoms with Crippen LogP contribution in [0.2, 0.25) is 0 Å². The van der Waals surface area contributed by atoms with E-state index < -0.39 is 0 Å². The molecule has 3 heterocycles. The molecular formula is C17H20N4. The topological polar surface area (TPSA) is 53.6 Å². The fraction of sp³-hybridized carbons (Fsp3) is 0.412. The average molecular weight is 280 g/mol. The third-order valence-corrected chi connectivity index (χ3v) is 4.59. The number of rotatable bonds is 3. The Morgan fingerprint density at radius 1 is 1.14 bits per heavy atom. The van der Waals surface area contributed by atoms with Crippen LogP contribution in [0.4, 0.5) is 0 Å². The van der Waals surface area contributed by atoms with Crippen LogP contribution in [0.25, 0.3) is 21.9 Å². The van der Waals surface area contributed by atoms with Gasteiger partial charge in [0.25, 0.3) is 0 Å². The van der Waals surface area contributed by atoms with Crippen LogP contribution in [-0.2, 0) is 6.42 Å². The smallest absolute Gasteiger partial charge is 0.0995 e. The van der Waals surface area contributed by atoms with Crippen LogP contribution >= 0.6 is 0 Å². The maximum atomic E-state index is 4.87. The zero-order chi connectivity index (χ0) is 14.1. The van der Waals surface area contributed by atoms with Crippen LogP contribution in [0, 0.1) is 5.92 Å². The molecule has 1 fully saturated rings. The molecule has 0 spiro atoms. The second kappa shape index (κ2) is 5.45. The third-order valence-electron chi connectivity index (χ3n) is 4.59. The third kappa shape index (κ3) is 2.40. The zero-order valence-electron chi connectivity index (χ0n) is 12.1. The lowest BCUT2D eigenvalue weighted by atomic mass is 9.92. The summed E-state index contributed by atoms with van der Waals surface area (Å²) < 4.78 is 0. The van der Waals surface area contributed by atoms with E-state index in [0.717, 1.165) is 47.4 Å². The van der Waals surface area contributed by atoms with Crippen LogP contribution in [0.1, 0.15) is 25.0 Å². The van der Waals surface area contributed by atoms with Gasteiger partial charge in [-0.2, -0.15) is 0 Å². The molecule has 2 N–H and O–H groups in total. The summed E-state index contributed by atoms with van der Waals surface area (Å²) in [6, 6.07) is 8.27. The van der Waals surface area contributed by atoms with E-state index in [4.69, 9.17) is 4.98 Å². The predicted octanol–water partition coefficient (Wildman–Crippen LogP) is 3.04. The molecule has 0 bridgehead atoms. The molecule has 4 rings (SSSR count). The first-order valence-electron chi connectivity index (χ1n) is 7.83. The highest BCUT2D eigenvalue weighted by molar-refractivity contribution is 6.02. The lowest BCUT2D eigenvalue weighted by Gasteiger charge is -2.22. The first-order valence-corrected chi connectivity index (χ1v) is 7.83. The molecule has 1 aliphatic rings. The quantitative estimate of drug-likeness (QED) is 0.775. The van der Waals surface area contributed by atoms with Crippen molar-refractivity contribution in [1.29, 1.82) is 0 Å². The van der Waals surface area contributed by atoms with Crippen molar-refractivity contribution < 1.29 is 0 Å². The molecule has 3 aromatic rings. The van der Waals surface area contributed by atoms with Crippen LogP contribution < -0.4 is 5.32 Å². The van der Waals surface area contributed by atoms with E-state index in [2.05, 4.69) is 27.4 Å². The fourth-order valence-corrected chi connectivity index (χ4v) is 3.38. The minimum atomic E-state index is 0.831. The van der Waals surface area contributed by atoms with Gasteiger partial charge in [-0.25, -0.2) is 4.98 Å². The number of benzene rings is 1. The number of hydrogen-bond acceptors (Lipinski definition) is 3. The molecule has 4 nitrogen and oxygen atoms in total. The summed E-state index contributed by atoms with van der Waals surface area (Å²) in [5, 5.41) is 4.57. The number of imidazole rings is 1. The number of aromatic nitrogens is 3. The monoisotopic (exact) mass is 280 g/mol. The molecule has 1 aromatic carbocycles. The van der Waals surface area contributed by atoms with Crippen LogP contribution in [-0.4, -0.2) is 28.0 Å². The maximum Gasteiger partial charge on any atom is 0.0995 e. The predicted molar refractivity (Wildman–Crippen MR) is 85.3 cm³/mol. The summed E-state index contributed by atoms with van der Waals surface area (Å²) in [7, 11) is 0. The summed E-state index contributed by atoms with van der Waals surface area (Å²) in [5.41, 5.74) is 4.39. The summed E-state index contributed by atoms with van der Waals surface area (Å²) in [6.07, 6.45) is 6.63. The first kappa shape index (κ1) is 12.8. The van der Waals surface area contributed by atoms with Crippen molar-refractivity contribution in [1.82, 2.24) is 20.3 Å². The minimum absolute atomic E-state index is 0.831. The van der Waals surface area contributed by atoms with Crippen molar-refractivity contribution in [2.24, 2.45) is 5.92 Å². The molecule has 0 atom stereocenters. The van der Waals surface area contributed by atoms with Gasteiger partial charge in [0.05, 0.1) is 28.6 Å². The van der Waals surface area contributed by atoms with E-state index in [9.17, 15) is 0 Å². The van der Waals surface area contributed by atoms with Gasteiger partial charge in [-0.15, -0.1) is 0 Å². The second-order valence-corrected chi connectivity index (χ2v) is 5.93. The van der Waals surface area contributed by atoms with Gasteiger partial charge in [-0.05, 0) is 50.8 Å². The van der Waals surface area contributed by atoms with Gasteiger partial charge >= 0.3 is 0 Å². The van der Waals surface area contributed by atoms with E-state index in [1.54, 1.807) is 6.33 Å². The molecule has 1 saturated heterocycles. The van der Waals surface area contributed by atoms with E-state index in [1.807, 2.05) is 12.1 Å². The van der Waals surface area contributed by atoms with E-state index >= 15 is 0 Å². The van der Waals surface area contributed by atoms with Gasteiger partial charge < -0.3 is 10.3 Å². The number of aromatic amines is 1. The highest BCUT2D eigenvalue weighted by Crippen LogP contribution is 2.26. The molecule has 4 heteroatoms. The molecule has 108 valence electrons. The number of fused-ring (bicyclic) bond motifs is 3. The Labute approximate surface area is 124 Å². The van der Waals surface area contributed by atoms with Crippen molar-refractivity contribution in [2.45, 2.75) is 25.7 Å². The molecule has 0 radical (unpaired) electrons. The van der Waals surface area contributed by atoms with Gasteiger partial charge in [0, 0.05) is 5.39 Å². The van der Waals surface area contributed by atoms with Crippen LogP contribution in [0.3, 0.4) is 0 Å². The largest absolute Gasteiger partial charge is 0.343 e. The Balaban J connectivity index is 1.67. The summed E-state index contributed by atoms with van der Waals surface area (Å²) in [4.78, 5) is 12.7. The van der Waals surface area contributed by atoms with Crippen molar-refractivity contribution in [3.63, 3.8) is 0 Å². The van der Waals surface area contributed by atoms with Gasteiger partial charge in [0.15, 0.2) is 0 Å². The SMILES string of the molecule is c1ccc2c(c1)nc(CCC1CCNCC1)c1[nH]cnc12. The van der Waals surface area contributed by atoms with Gasteiger partial charge in [0.1, 0.15) is 0 Å². The Bertz CT molecular complexity index is 756. The van der Waals surface area contributed by atoms with Crippen molar-refractivity contribution in [3.8, 4) is 0 Å². The molecule has 1 aliphatic heterocycles. The Kier molecular flexibility index (Phi) is 3.31. The standard InChI is InChI=1S/C17H20N4/c1-2-4-14-13(3-1)16-17(20-11-19-16)15(21-14)6-5-12-7-9-18-10-8-12/h1-4,11-12,18H,5-10H2,(H,19,20). The molecule has 21 heavy (non-hydrogen) atoms. The lowest BCUT2D eigenvalue weighted by Crippen LogP contribution is -2.27. The van der Waals surface area contributed by atoms with Crippen LogP contribution in [0.5, 0.6) is 0 Å². The summed E-state index contributed by atoms with van der Waals surface area (Å²) in [5.74, 6) is 0.831. The molecular weight excluding hydrogens is 260 g/mol. The number of nitrogens with zero attached hydrogens (tertiary/aromatic N) is 2. The number of piperidine rings is 1. The number of pyridine rings is 1. The first-order chi connectivity index (χ1) is 10.4. The second-order valence-electron chi connectivity index (χ2n) is 5.93. The number of aryl methyl sites for hydroxylation is 1. The van der Waals surface area contributed by atoms with Gasteiger partial charge in [-0.1, -0.05) is 18.2 Å². The maximum absolute atomic E-state index is 4.87. The average Bonchev–Trinajstić information content (AvgIpc) is 3.04. The van der Waals surface area contributed by atoms with Gasteiger partial charge in [0.2, 0.25) is 0 Å². The number of para-hydroxylation sites is 1. The zero-order valence-corrected chi connectivity index (χ0v) is 12.1. The van der Waals surface area contributed by atoms with Crippen molar-refractivity contribution in [2.75, 3.05) is 13.1 Å². The van der Waals surface area contributed by atoms with E-state index in [-0.39, 0.29) is 0 Å². The molecule has 0 saturated carbocycles.